The lowest BCUT2D eigenvalue weighted by Crippen LogP contribution is -2.20. The van der Waals surface area contributed by atoms with Gasteiger partial charge < -0.3 is 10.6 Å². The van der Waals surface area contributed by atoms with Gasteiger partial charge in [-0.25, -0.2) is 9.18 Å². The van der Waals surface area contributed by atoms with Crippen molar-refractivity contribution in [3.8, 4) is 11.3 Å². The van der Waals surface area contributed by atoms with Crippen LogP contribution in [0.4, 0.5) is 20.6 Å². The number of carbonyl (C=O) groups is 1. The molecule has 0 radical (unpaired) electrons. The van der Waals surface area contributed by atoms with Crippen molar-refractivity contribution in [2.45, 2.75) is 45.1 Å². The van der Waals surface area contributed by atoms with Crippen molar-refractivity contribution >= 4 is 17.4 Å². The Kier molecular flexibility index (Phi) is 6.12. The Bertz CT molecular complexity index is 990. The maximum Gasteiger partial charge on any atom is 0.323 e. The van der Waals surface area contributed by atoms with Crippen molar-refractivity contribution in [1.29, 1.82) is 0 Å². The van der Waals surface area contributed by atoms with Crippen LogP contribution >= 0.6 is 0 Å². The van der Waals surface area contributed by atoms with Crippen LogP contribution < -0.4 is 10.6 Å². The lowest BCUT2D eigenvalue weighted by Gasteiger charge is -2.27. The highest BCUT2D eigenvalue weighted by atomic mass is 19.1. The summed E-state index contributed by atoms with van der Waals surface area (Å²) in [5, 5.41) is 10.0. The largest absolute Gasteiger partial charge is 0.323 e. The zero-order valence-corrected chi connectivity index (χ0v) is 17.1. The first-order chi connectivity index (χ1) is 14.6. The van der Waals surface area contributed by atoms with E-state index in [1.54, 1.807) is 12.1 Å². The molecule has 0 unspecified atom stereocenters. The molecule has 0 atom stereocenters. The number of amides is 2. The molecule has 5 nitrogen and oxygen atoms in total. The molecule has 2 amide bonds. The molecule has 4 rings (SSSR count). The SMILES string of the molecule is CCC1CCC(n2ccc(-c3ccc(NC(=O)Nc4ccccc4F)cc3)n2)CC1. The number of hydrogen-bond acceptors (Lipinski definition) is 2. The summed E-state index contributed by atoms with van der Waals surface area (Å²) in [5.74, 6) is 0.397. The van der Waals surface area contributed by atoms with E-state index in [1.165, 1.54) is 44.2 Å². The van der Waals surface area contributed by atoms with Crippen LogP contribution in [0.1, 0.15) is 45.1 Å². The van der Waals surface area contributed by atoms with Crippen LogP contribution in [0.15, 0.2) is 60.8 Å². The van der Waals surface area contributed by atoms with E-state index in [0.29, 0.717) is 11.7 Å². The van der Waals surface area contributed by atoms with Crippen molar-refractivity contribution in [3.63, 3.8) is 0 Å². The molecular formula is C24H27FN4O. The Balaban J connectivity index is 1.36. The first-order valence-corrected chi connectivity index (χ1v) is 10.6. The molecule has 0 spiro atoms. The van der Waals surface area contributed by atoms with Gasteiger partial charge >= 0.3 is 6.03 Å². The number of nitrogens with zero attached hydrogens (tertiary/aromatic N) is 2. The summed E-state index contributed by atoms with van der Waals surface area (Å²) in [6.07, 6.45) is 8.30. The van der Waals surface area contributed by atoms with Crippen LogP contribution in [-0.4, -0.2) is 15.8 Å². The second kappa shape index (κ2) is 9.11. The molecule has 0 bridgehead atoms. The first kappa shape index (κ1) is 20.1. The number of urea groups is 1. The summed E-state index contributed by atoms with van der Waals surface area (Å²) in [4.78, 5) is 12.1. The summed E-state index contributed by atoms with van der Waals surface area (Å²) >= 11 is 0. The lowest BCUT2D eigenvalue weighted by atomic mass is 9.85. The molecule has 2 N–H and O–H groups in total. The number of anilines is 2. The van der Waals surface area contributed by atoms with E-state index >= 15 is 0 Å². The third kappa shape index (κ3) is 4.70. The van der Waals surface area contributed by atoms with Crippen molar-refractivity contribution in [3.05, 3.63) is 66.6 Å². The molecule has 2 aromatic carbocycles. The molecule has 0 saturated heterocycles. The zero-order valence-electron chi connectivity index (χ0n) is 17.1. The molecule has 0 aliphatic heterocycles. The summed E-state index contributed by atoms with van der Waals surface area (Å²) in [6.45, 7) is 2.28. The Morgan fingerprint density at radius 3 is 2.47 bits per heavy atom. The molecule has 6 heteroatoms. The molecule has 1 aliphatic carbocycles. The summed E-state index contributed by atoms with van der Waals surface area (Å²) < 4.78 is 15.8. The third-order valence-corrected chi connectivity index (χ3v) is 5.94. The predicted molar refractivity (Wildman–Crippen MR) is 118 cm³/mol. The fourth-order valence-corrected chi connectivity index (χ4v) is 4.08. The van der Waals surface area contributed by atoms with E-state index < -0.39 is 11.8 Å². The molecular weight excluding hydrogens is 379 g/mol. The van der Waals surface area contributed by atoms with Crippen LogP contribution in [-0.2, 0) is 0 Å². The predicted octanol–water partition coefficient (Wildman–Crippen LogP) is 6.47. The van der Waals surface area contributed by atoms with E-state index in [1.807, 2.05) is 30.3 Å². The minimum absolute atomic E-state index is 0.144. The molecule has 1 fully saturated rings. The van der Waals surface area contributed by atoms with Crippen LogP contribution in [0.2, 0.25) is 0 Å². The fraction of sp³-hybridized carbons (Fsp3) is 0.333. The van der Waals surface area contributed by atoms with Crippen molar-refractivity contribution in [2.24, 2.45) is 5.92 Å². The number of nitrogens with one attached hydrogen (secondary N) is 2. The van der Waals surface area contributed by atoms with E-state index in [4.69, 9.17) is 5.10 Å². The van der Waals surface area contributed by atoms with Crippen LogP contribution in [0.25, 0.3) is 11.3 Å². The summed E-state index contributed by atoms with van der Waals surface area (Å²) in [6, 6.07) is 15.6. The number of para-hydroxylation sites is 1. The van der Waals surface area contributed by atoms with Gasteiger partial charge in [0.2, 0.25) is 0 Å². The highest BCUT2D eigenvalue weighted by Crippen LogP contribution is 2.34. The second-order valence-corrected chi connectivity index (χ2v) is 7.90. The Hall–Kier alpha value is -3.15. The van der Waals surface area contributed by atoms with Crippen molar-refractivity contribution in [1.82, 2.24) is 9.78 Å². The summed E-state index contributed by atoms with van der Waals surface area (Å²) in [5.41, 5.74) is 2.70. The van der Waals surface area contributed by atoms with Crippen molar-refractivity contribution in [2.75, 3.05) is 10.6 Å². The molecule has 1 saturated carbocycles. The summed E-state index contributed by atoms with van der Waals surface area (Å²) in [7, 11) is 0. The average molecular weight is 407 g/mol. The van der Waals surface area contributed by atoms with E-state index in [2.05, 4.69) is 28.4 Å². The number of hydrogen-bond donors (Lipinski definition) is 2. The topological polar surface area (TPSA) is 59.0 Å². The lowest BCUT2D eigenvalue weighted by molar-refractivity contribution is 0.256. The fourth-order valence-electron chi connectivity index (χ4n) is 4.08. The molecule has 3 aromatic rings. The smallest absolute Gasteiger partial charge is 0.308 e. The highest BCUT2D eigenvalue weighted by Gasteiger charge is 2.21. The number of aromatic nitrogens is 2. The molecule has 1 aromatic heterocycles. The van der Waals surface area contributed by atoms with Gasteiger partial charge in [0.25, 0.3) is 0 Å². The highest BCUT2D eigenvalue weighted by molar-refractivity contribution is 5.99. The monoisotopic (exact) mass is 406 g/mol. The molecule has 1 aliphatic rings. The second-order valence-electron chi connectivity index (χ2n) is 7.90. The van der Waals surface area contributed by atoms with Gasteiger partial charge in [0.15, 0.2) is 0 Å². The number of carbonyl (C=O) groups excluding carboxylic acids is 1. The van der Waals surface area contributed by atoms with E-state index in [9.17, 15) is 9.18 Å². The van der Waals surface area contributed by atoms with Gasteiger partial charge in [0.1, 0.15) is 5.82 Å². The quantitative estimate of drug-likeness (QED) is 0.510. The first-order valence-electron chi connectivity index (χ1n) is 10.6. The Morgan fingerprint density at radius 1 is 1.03 bits per heavy atom. The van der Waals surface area contributed by atoms with Crippen molar-refractivity contribution < 1.29 is 9.18 Å². The third-order valence-electron chi connectivity index (χ3n) is 5.94. The number of rotatable bonds is 5. The normalized spacial score (nSPS) is 18.7. The minimum Gasteiger partial charge on any atom is -0.308 e. The van der Waals surface area contributed by atoms with Gasteiger partial charge in [-0.2, -0.15) is 5.10 Å². The Morgan fingerprint density at radius 2 is 1.77 bits per heavy atom. The molecule has 30 heavy (non-hydrogen) atoms. The van der Waals surface area contributed by atoms with Crippen LogP contribution in [0, 0.1) is 11.7 Å². The van der Waals surface area contributed by atoms with Gasteiger partial charge in [-0.3, -0.25) is 4.68 Å². The standard InChI is InChI=1S/C24H27FN4O/c1-2-17-7-13-20(14-8-17)29-16-15-22(28-29)18-9-11-19(12-10-18)26-24(30)27-23-6-4-3-5-21(23)25/h3-6,9-12,15-17,20H,2,7-8,13-14H2,1H3,(H2,26,27,30). The molecule has 1 heterocycles. The van der Waals surface area contributed by atoms with Crippen LogP contribution in [0.5, 0.6) is 0 Å². The number of halogens is 1. The molecule has 156 valence electrons. The maximum absolute atomic E-state index is 13.7. The van der Waals surface area contributed by atoms with Gasteiger partial charge in [-0.1, -0.05) is 37.6 Å². The van der Waals surface area contributed by atoms with Gasteiger partial charge in [-0.05, 0) is 61.9 Å². The van der Waals surface area contributed by atoms with E-state index in [-0.39, 0.29) is 5.69 Å². The van der Waals surface area contributed by atoms with Gasteiger partial charge in [0, 0.05) is 17.4 Å². The van der Waals surface area contributed by atoms with Gasteiger partial charge in [0.05, 0.1) is 17.4 Å². The van der Waals surface area contributed by atoms with Gasteiger partial charge in [-0.15, -0.1) is 0 Å². The maximum atomic E-state index is 13.7. The minimum atomic E-state index is -0.486. The zero-order chi connectivity index (χ0) is 20.9. The average Bonchev–Trinajstić information content (AvgIpc) is 3.26. The van der Waals surface area contributed by atoms with Crippen LogP contribution in [0.3, 0.4) is 0 Å². The Labute approximate surface area is 176 Å². The van der Waals surface area contributed by atoms with E-state index in [0.717, 1.165) is 17.2 Å². The number of benzene rings is 2.